The van der Waals surface area contributed by atoms with Crippen molar-refractivity contribution in [2.24, 2.45) is 0 Å². The van der Waals surface area contributed by atoms with Gasteiger partial charge in [0.25, 0.3) is 9.68 Å². The van der Waals surface area contributed by atoms with Crippen molar-refractivity contribution in [2.45, 2.75) is 3.79 Å². The largest absolute Gasteiger partial charge is 0.417 e. The van der Waals surface area contributed by atoms with Crippen LogP contribution in [0, 0.1) is 0 Å². The van der Waals surface area contributed by atoms with E-state index in [0.717, 1.165) is 16.7 Å². The number of hydrogen-bond donors (Lipinski definition) is 0. The fourth-order valence-electron chi connectivity index (χ4n) is 2.06. The smallest absolute Gasteiger partial charge is 0.268 e. The maximum atomic E-state index is 5.68. The second-order valence-electron chi connectivity index (χ2n) is 5.19. The lowest BCUT2D eigenvalue weighted by atomic mass is 10.1. The number of nitrogens with zero attached hydrogens (tertiary/aromatic N) is 2. The van der Waals surface area contributed by atoms with Crippen LogP contribution in [0.4, 0.5) is 0 Å². The van der Waals surface area contributed by atoms with Crippen LogP contribution in [0.3, 0.4) is 0 Å². The normalized spacial score (nSPS) is 12.3. The summed E-state index contributed by atoms with van der Waals surface area (Å²) in [6.45, 7) is 0. The Morgan fingerprint density at radius 1 is 0.680 bits per heavy atom. The van der Waals surface area contributed by atoms with E-state index in [0.29, 0.717) is 0 Å². The van der Waals surface area contributed by atoms with Gasteiger partial charge in [0.15, 0.2) is 0 Å². The second-order valence-corrected chi connectivity index (χ2v) is 7.47. The average Bonchev–Trinajstić information content (AvgIpc) is 3.09. The second kappa shape index (κ2) is 7.87. The van der Waals surface area contributed by atoms with Gasteiger partial charge < -0.3 is 4.42 Å². The fraction of sp³-hybridized carbons (Fsp3) is 0.0526. The van der Waals surface area contributed by atoms with Crippen LogP contribution in [0.15, 0.2) is 59.0 Å². The molecule has 6 heteroatoms. The molecular weight excluding hydrogens is 379 g/mol. The van der Waals surface area contributed by atoms with E-state index in [-0.39, 0.29) is 11.8 Å². The molecule has 0 aliphatic carbocycles. The fourth-order valence-corrected chi connectivity index (χ4v) is 2.29. The molecule has 2 aromatic carbocycles. The van der Waals surface area contributed by atoms with Crippen molar-refractivity contribution in [1.82, 2.24) is 10.2 Å². The molecule has 0 bridgehead atoms. The van der Waals surface area contributed by atoms with Gasteiger partial charge in [-0.1, -0.05) is 102 Å². The van der Waals surface area contributed by atoms with E-state index in [1.165, 1.54) is 0 Å². The SMILES string of the molecule is ClC(Cl)(Cl)c1nnc(/C=C/c2ccc(/C=C/c3ccccc3)cc2)o1. The van der Waals surface area contributed by atoms with Gasteiger partial charge in [0.2, 0.25) is 5.89 Å². The maximum Gasteiger partial charge on any atom is 0.268 e. The third-order valence-corrected chi connectivity index (χ3v) is 3.79. The van der Waals surface area contributed by atoms with Gasteiger partial charge in [-0.15, -0.1) is 10.2 Å². The third kappa shape index (κ3) is 5.20. The molecule has 1 aromatic heterocycles. The Hall–Kier alpha value is -2.07. The van der Waals surface area contributed by atoms with E-state index >= 15 is 0 Å². The molecule has 0 radical (unpaired) electrons. The van der Waals surface area contributed by atoms with Crippen molar-refractivity contribution in [2.75, 3.05) is 0 Å². The number of alkyl halides is 3. The van der Waals surface area contributed by atoms with Gasteiger partial charge in [-0.2, -0.15) is 0 Å². The first-order chi connectivity index (χ1) is 12.0. The molecule has 0 aliphatic rings. The molecule has 0 unspecified atom stereocenters. The summed E-state index contributed by atoms with van der Waals surface area (Å²) >= 11 is 17.1. The Labute approximate surface area is 160 Å². The van der Waals surface area contributed by atoms with Crippen molar-refractivity contribution in [1.29, 1.82) is 0 Å². The van der Waals surface area contributed by atoms with Gasteiger partial charge in [0.1, 0.15) is 0 Å². The van der Waals surface area contributed by atoms with Gasteiger partial charge in [-0.25, -0.2) is 0 Å². The van der Waals surface area contributed by atoms with E-state index in [1.54, 1.807) is 6.08 Å². The Balaban J connectivity index is 1.66. The summed E-state index contributed by atoms with van der Waals surface area (Å²) in [4.78, 5) is 0. The molecule has 3 rings (SSSR count). The Morgan fingerprint density at radius 2 is 1.20 bits per heavy atom. The van der Waals surface area contributed by atoms with Crippen molar-refractivity contribution in [3.05, 3.63) is 83.1 Å². The zero-order valence-corrected chi connectivity index (χ0v) is 15.2. The number of benzene rings is 2. The van der Waals surface area contributed by atoms with E-state index < -0.39 is 3.79 Å². The number of halogens is 3. The van der Waals surface area contributed by atoms with E-state index in [2.05, 4.69) is 34.5 Å². The van der Waals surface area contributed by atoms with Gasteiger partial charge >= 0.3 is 0 Å². The average molecular weight is 392 g/mol. The van der Waals surface area contributed by atoms with E-state index in [1.807, 2.05) is 48.5 Å². The summed E-state index contributed by atoms with van der Waals surface area (Å²) in [5, 5.41) is 7.50. The monoisotopic (exact) mass is 390 g/mol. The Bertz CT molecular complexity index is 879. The summed E-state index contributed by atoms with van der Waals surface area (Å²) in [5.74, 6) is 0.216. The molecule has 0 amide bonds. The molecule has 3 aromatic rings. The molecule has 1 heterocycles. The van der Waals surface area contributed by atoms with E-state index in [4.69, 9.17) is 39.2 Å². The predicted molar refractivity (Wildman–Crippen MR) is 104 cm³/mol. The molecular formula is C19H13Cl3N2O. The van der Waals surface area contributed by atoms with Gasteiger partial charge in [0.05, 0.1) is 0 Å². The maximum absolute atomic E-state index is 5.68. The third-order valence-electron chi connectivity index (χ3n) is 3.31. The number of aromatic nitrogens is 2. The zero-order valence-electron chi connectivity index (χ0n) is 12.9. The van der Waals surface area contributed by atoms with Gasteiger partial charge in [-0.3, -0.25) is 0 Å². The molecule has 25 heavy (non-hydrogen) atoms. The minimum atomic E-state index is -1.72. The highest BCUT2D eigenvalue weighted by Crippen LogP contribution is 2.37. The lowest BCUT2D eigenvalue weighted by Gasteiger charge is -2.01. The quantitative estimate of drug-likeness (QED) is 0.390. The van der Waals surface area contributed by atoms with Crippen LogP contribution in [0.1, 0.15) is 28.5 Å². The molecule has 0 N–H and O–H groups in total. The molecule has 0 fully saturated rings. The Kier molecular flexibility index (Phi) is 5.59. The molecule has 0 saturated heterocycles. The minimum absolute atomic E-state index is 0.0569. The van der Waals surface area contributed by atoms with Crippen LogP contribution in [0.5, 0.6) is 0 Å². The van der Waals surface area contributed by atoms with E-state index in [9.17, 15) is 0 Å². The van der Waals surface area contributed by atoms with Gasteiger partial charge in [0, 0.05) is 6.08 Å². The molecule has 0 atom stereocenters. The first kappa shape index (κ1) is 17.7. The summed E-state index contributed by atoms with van der Waals surface area (Å²) in [7, 11) is 0. The van der Waals surface area contributed by atoms with Crippen molar-refractivity contribution in [3.63, 3.8) is 0 Å². The number of rotatable bonds is 4. The topological polar surface area (TPSA) is 38.9 Å². The summed E-state index contributed by atoms with van der Waals surface area (Å²) in [5.41, 5.74) is 3.26. The highest BCUT2D eigenvalue weighted by Gasteiger charge is 2.29. The minimum Gasteiger partial charge on any atom is -0.417 e. The lowest BCUT2D eigenvalue weighted by Crippen LogP contribution is -1.99. The van der Waals surface area contributed by atoms with Gasteiger partial charge in [-0.05, 0) is 22.8 Å². The van der Waals surface area contributed by atoms with Crippen LogP contribution in [0.25, 0.3) is 24.3 Å². The van der Waals surface area contributed by atoms with Crippen molar-refractivity contribution < 1.29 is 4.42 Å². The lowest BCUT2D eigenvalue weighted by molar-refractivity contribution is 0.493. The van der Waals surface area contributed by atoms with Crippen LogP contribution in [-0.2, 0) is 3.79 Å². The first-order valence-electron chi connectivity index (χ1n) is 7.43. The standard InChI is InChI=1S/C19H13Cl3N2O/c20-19(21,22)18-24-23-17(25-18)13-12-16-10-8-15(9-11-16)7-6-14-4-2-1-3-5-14/h1-13H/b7-6+,13-12+. The summed E-state index contributed by atoms with van der Waals surface area (Å²) in [6, 6.07) is 18.2. The molecule has 0 spiro atoms. The number of hydrogen-bond acceptors (Lipinski definition) is 3. The molecule has 126 valence electrons. The van der Waals surface area contributed by atoms with Crippen LogP contribution in [0.2, 0.25) is 0 Å². The summed E-state index contributed by atoms with van der Waals surface area (Å²) in [6.07, 6.45) is 7.65. The van der Waals surface area contributed by atoms with Crippen LogP contribution >= 0.6 is 34.8 Å². The van der Waals surface area contributed by atoms with Crippen LogP contribution in [-0.4, -0.2) is 10.2 Å². The Morgan fingerprint density at radius 3 is 1.72 bits per heavy atom. The van der Waals surface area contributed by atoms with Crippen molar-refractivity contribution >= 4 is 59.1 Å². The van der Waals surface area contributed by atoms with Crippen molar-refractivity contribution in [3.8, 4) is 0 Å². The molecule has 0 aliphatic heterocycles. The molecule has 0 saturated carbocycles. The zero-order chi connectivity index (χ0) is 17.7. The molecule has 3 nitrogen and oxygen atoms in total. The highest BCUT2D eigenvalue weighted by atomic mass is 35.6. The van der Waals surface area contributed by atoms with Crippen LogP contribution < -0.4 is 0 Å². The summed E-state index contributed by atoms with van der Waals surface area (Å²) < 4.78 is 3.55. The highest BCUT2D eigenvalue weighted by molar-refractivity contribution is 6.66. The predicted octanol–water partition coefficient (Wildman–Crippen LogP) is 6.24. The first-order valence-corrected chi connectivity index (χ1v) is 8.56.